The average Bonchev–Trinajstić information content (AvgIpc) is 2.61. The molecule has 2 unspecified atom stereocenters. The third-order valence-electron chi connectivity index (χ3n) is 4.15. The van der Waals surface area contributed by atoms with E-state index in [0.29, 0.717) is 13.0 Å². The Kier molecular flexibility index (Phi) is 5.04. The van der Waals surface area contributed by atoms with Crippen LogP contribution >= 0.6 is 15.9 Å². The molecule has 1 aliphatic heterocycles. The van der Waals surface area contributed by atoms with Crippen LogP contribution in [0.5, 0.6) is 0 Å². The lowest BCUT2D eigenvalue weighted by molar-refractivity contribution is -0.126. The lowest BCUT2D eigenvalue weighted by atomic mass is 9.97. The summed E-state index contributed by atoms with van der Waals surface area (Å²) < 4.78 is 0.969. The maximum absolute atomic E-state index is 12.9. The Balaban J connectivity index is 2.40. The van der Waals surface area contributed by atoms with E-state index in [1.807, 2.05) is 39.0 Å². The number of amides is 2. The summed E-state index contributed by atoms with van der Waals surface area (Å²) in [6, 6.07) is 5.36. The van der Waals surface area contributed by atoms with Crippen LogP contribution in [0.3, 0.4) is 0 Å². The van der Waals surface area contributed by atoms with Gasteiger partial charge in [-0.1, -0.05) is 42.3 Å². The van der Waals surface area contributed by atoms with E-state index in [4.69, 9.17) is 0 Å². The molecular formula is C16H21BrN2O2. The number of nitrogens with one attached hydrogen (secondary N) is 1. The zero-order chi connectivity index (χ0) is 15.6. The molecule has 1 saturated heterocycles. The number of hydrogen-bond donors (Lipinski definition) is 1. The third kappa shape index (κ3) is 3.28. The zero-order valence-electron chi connectivity index (χ0n) is 12.6. The number of carbonyl (C=O) groups excluding carboxylic acids is 2. The van der Waals surface area contributed by atoms with Crippen LogP contribution in [0.4, 0.5) is 5.69 Å². The number of hydrogen-bond acceptors (Lipinski definition) is 2. The molecule has 1 aromatic carbocycles. The van der Waals surface area contributed by atoms with Crippen molar-refractivity contribution in [3.8, 4) is 0 Å². The quantitative estimate of drug-likeness (QED) is 0.908. The maximum Gasteiger partial charge on any atom is 0.249 e. The summed E-state index contributed by atoms with van der Waals surface area (Å²) in [5, 5.41) is 2.87. The Labute approximate surface area is 134 Å². The van der Waals surface area contributed by atoms with Crippen molar-refractivity contribution < 1.29 is 9.59 Å². The van der Waals surface area contributed by atoms with Gasteiger partial charge in [0.25, 0.3) is 0 Å². The molecule has 114 valence electrons. The summed E-state index contributed by atoms with van der Waals surface area (Å²) in [5.41, 5.74) is 1.89. The van der Waals surface area contributed by atoms with Gasteiger partial charge < -0.3 is 10.2 Å². The second-order valence-electron chi connectivity index (χ2n) is 5.55. The largest absolute Gasteiger partial charge is 0.344 e. The van der Waals surface area contributed by atoms with Crippen molar-refractivity contribution in [2.24, 2.45) is 5.92 Å². The normalized spacial score (nSPS) is 21.0. The minimum atomic E-state index is -0.441. The fourth-order valence-electron chi connectivity index (χ4n) is 2.55. The van der Waals surface area contributed by atoms with Gasteiger partial charge in [-0.25, -0.2) is 0 Å². The fraction of sp³-hybridized carbons (Fsp3) is 0.500. The van der Waals surface area contributed by atoms with E-state index in [9.17, 15) is 9.59 Å². The number of carbonyl (C=O) groups is 2. The molecule has 1 heterocycles. The Bertz CT molecular complexity index is 559. The van der Waals surface area contributed by atoms with Gasteiger partial charge in [0.15, 0.2) is 0 Å². The van der Waals surface area contributed by atoms with E-state index in [1.54, 1.807) is 4.90 Å². The van der Waals surface area contributed by atoms with Crippen LogP contribution in [0.15, 0.2) is 22.7 Å². The molecule has 1 N–H and O–H groups in total. The Morgan fingerprint density at radius 1 is 1.43 bits per heavy atom. The third-order valence-corrected chi connectivity index (χ3v) is 5.01. The van der Waals surface area contributed by atoms with Crippen LogP contribution in [-0.2, 0) is 9.59 Å². The standard InChI is InChI=1S/C16H21BrN2O2/c1-4-10(2)15-16(21)19(9-8-14(20)18-15)13-7-5-6-12(17)11(13)3/h5-7,10,15H,4,8-9H2,1-3H3,(H,18,20). The molecule has 2 amide bonds. The lowest BCUT2D eigenvalue weighted by Gasteiger charge is -2.28. The van der Waals surface area contributed by atoms with E-state index in [-0.39, 0.29) is 17.7 Å². The van der Waals surface area contributed by atoms with Crippen molar-refractivity contribution in [3.05, 3.63) is 28.2 Å². The number of nitrogens with zero attached hydrogens (tertiary/aromatic N) is 1. The van der Waals surface area contributed by atoms with E-state index in [1.165, 1.54) is 0 Å². The second-order valence-corrected chi connectivity index (χ2v) is 6.41. The number of benzene rings is 1. The van der Waals surface area contributed by atoms with Crippen LogP contribution < -0.4 is 10.2 Å². The molecule has 5 heteroatoms. The molecule has 0 spiro atoms. The smallest absolute Gasteiger partial charge is 0.249 e. The molecule has 1 aromatic rings. The van der Waals surface area contributed by atoms with E-state index >= 15 is 0 Å². The van der Waals surface area contributed by atoms with Crippen molar-refractivity contribution in [1.29, 1.82) is 0 Å². The minimum Gasteiger partial charge on any atom is -0.344 e. The minimum absolute atomic E-state index is 0.0172. The van der Waals surface area contributed by atoms with Crippen LogP contribution in [0.2, 0.25) is 0 Å². The van der Waals surface area contributed by atoms with Crippen LogP contribution in [0.1, 0.15) is 32.3 Å². The van der Waals surface area contributed by atoms with Crippen LogP contribution in [0, 0.1) is 12.8 Å². The van der Waals surface area contributed by atoms with E-state index in [2.05, 4.69) is 21.2 Å². The topological polar surface area (TPSA) is 49.4 Å². The summed E-state index contributed by atoms with van der Waals surface area (Å²) in [4.78, 5) is 26.5. The van der Waals surface area contributed by atoms with Crippen molar-refractivity contribution in [1.82, 2.24) is 5.32 Å². The summed E-state index contributed by atoms with van der Waals surface area (Å²) in [6.07, 6.45) is 1.19. The molecule has 2 rings (SSSR count). The van der Waals surface area contributed by atoms with Gasteiger partial charge in [-0.05, 0) is 30.5 Å². The predicted molar refractivity (Wildman–Crippen MR) is 87.2 cm³/mol. The molecule has 0 saturated carbocycles. The van der Waals surface area contributed by atoms with Crippen molar-refractivity contribution >= 4 is 33.4 Å². The Morgan fingerprint density at radius 2 is 2.14 bits per heavy atom. The van der Waals surface area contributed by atoms with Gasteiger partial charge in [0.05, 0.1) is 0 Å². The maximum atomic E-state index is 12.9. The van der Waals surface area contributed by atoms with E-state index in [0.717, 1.165) is 22.1 Å². The summed E-state index contributed by atoms with van der Waals surface area (Å²) in [5.74, 6) is 0.0507. The first-order chi connectivity index (χ1) is 9.95. The number of halogens is 1. The SMILES string of the molecule is CCC(C)C1NC(=O)CCN(c2cccc(Br)c2C)C1=O. The predicted octanol–water partition coefficient (Wildman–Crippen LogP) is 3.03. The summed E-state index contributed by atoms with van der Waals surface area (Å²) >= 11 is 3.50. The van der Waals surface area contributed by atoms with Crippen molar-refractivity contribution in [2.75, 3.05) is 11.4 Å². The Hall–Kier alpha value is -1.36. The first-order valence-corrected chi connectivity index (χ1v) is 8.10. The first kappa shape index (κ1) is 16.0. The summed E-state index contributed by atoms with van der Waals surface area (Å²) in [7, 11) is 0. The molecule has 0 aliphatic carbocycles. The number of anilines is 1. The van der Waals surface area contributed by atoms with Gasteiger partial charge in [0.2, 0.25) is 11.8 Å². The molecule has 1 aliphatic rings. The molecule has 4 nitrogen and oxygen atoms in total. The first-order valence-electron chi connectivity index (χ1n) is 7.31. The molecular weight excluding hydrogens is 332 g/mol. The van der Waals surface area contributed by atoms with Gasteiger partial charge in [0, 0.05) is 23.1 Å². The highest BCUT2D eigenvalue weighted by molar-refractivity contribution is 9.10. The van der Waals surface area contributed by atoms with Gasteiger partial charge in [0.1, 0.15) is 6.04 Å². The number of rotatable bonds is 3. The highest BCUT2D eigenvalue weighted by atomic mass is 79.9. The van der Waals surface area contributed by atoms with Crippen molar-refractivity contribution in [2.45, 2.75) is 39.7 Å². The molecule has 0 aromatic heterocycles. The second kappa shape index (κ2) is 6.60. The van der Waals surface area contributed by atoms with Gasteiger partial charge >= 0.3 is 0 Å². The van der Waals surface area contributed by atoms with E-state index < -0.39 is 6.04 Å². The van der Waals surface area contributed by atoms with Gasteiger partial charge in [-0.15, -0.1) is 0 Å². The lowest BCUT2D eigenvalue weighted by Crippen LogP contribution is -2.48. The average molecular weight is 353 g/mol. The molecule has 0 radical (unpaired) electrons. The van der Waals surface area contributed by atoms with Crippen LogP contribution in [-0.4, -0.2) is 24.4 Å². The molecule has 21 heavy (non-hydrogen) atoms. The highest BCUT2D eigenvalue weighted by Gasteiger charge is 2.34. The fourth-order valence-corrected chi connectivity index (χ4v) is 2.90. The van der Waals surface area contributed by atoms with Gasteiger partial charge in [-0.3, -0.25) is 9.59 Å². The van der Waals surface area contributed by atoms with Crippen molar-refractivity contribution in [3.63, 3.8) is 0 Å². The zero-order valence-corrected chi connectivity index (χ0v) is 14.2. The highest BCUT2D eigenvalue weighted by Crippen LogP contribution is 2.29. The van der Waals surface area contributed by atoms with Crippen LogP contribution in [0.25, 0.3) is 0 Å². The molecule has 1 fully saturated rings. The molecule has 2 atom stereocenters. The monoisotopic (exact) mass is 352 g/mol. The Morgan fingerprint density at radius 3 is 2.81 bits per heavy atom. The molecule has 0 bridgehead atoms. The summed E-state index contributed by atoms with van der Waals surface area (Å²) in [6.45, 7) is 6.43. The van der Waals surface area contributed by atoms with Gasteiger partial charge in [-0.2, -0.15) is 0 Å².